The van der Waals surface area contributed by atoms with Crippen LogP contribution in [0.2, 0.25) is 0 Å². The maximum absolute atomic E-state index is 13.2. The summed E-state index contributed by atoms with van der Waals surface area (Å²) < 4.78 is 35.2. The highest BCUT2D eigenvalue weighted by Crippen LogP contribution is 2.30. The van der Waals surface area contributed by atoms with E-state index in [9.17, 15) is 13.8 Å². The fourth-order valence-electron chi connectivity index (χ4n) is 3.44. The fraction of sp³-hybridized carbons (Fsp3) is 0.174. The number of nitrogens with zero attached hydrogens (tertiary/aromatic N) is 3. The molecule has 1 aromatic carbocycles. The Hall–Kier alpha value is -3.43. The molecule has 176 valence electrons. The lowest BCUT2D eigenvalue weighted by Gasteiger charge is -2.14. The van der Waals surface area contributed by atoms with Gasteiger partial charge in [0.05, 0.1) is 11.9 Å². The molecule has 0 saturated carbocycles. The van der Waals surface area contributed by atoms with Gasteiger partial charge < -0.3 is 14.3 Å². The molecule has 0 aliphatic heterocycles. The van der Waals surface area contributed by atoms with Crippen LogP contribution in [0.3, 0.4) is 0 Å². The summed E-state index contributed by atoms with van der Waals surface area (Å²) in [5, 5.41) is 4.10. The van der Waals surface area contributed by atoms with E-state index in [-0.39, 0.29) is 5.82 Å². The average Bonchev–Trinajstić information content (AvgIpc) is 3.25. The molecule has 3 aromatic heterocycles. The van der Waals surface area contributed by atoms with Gasteiger partial charge in [0.25, 0.3) is 13.6 Å². The van der Waals surface area contributed by atoms with Crippen molar-refractivity contribution in [1.82, 2.24) is 10.1 Å². The molecule has 0 radical (unpaired) electrons. The van der Waals surface area contributed by atoms with Crippen molar-refractivity contribution in [2.24, 2.45) is 0 Å². The van der Waals surface area contributed by atoms with Crippen LogP contribution in [0.4, 0.5) is 10.2 Å². The number of pyridine rings is 2. The number of phosphoric acid groups is 1. The van der Waals surface area contributed by atoms with Gasteiger partial charge in [0.15, 0.2) is 12.5 Å². The summed E-state index contributed by atoms with van der Waals surface area (Å²) in [6.45, 7) is -0.473. The normalized spacial score (nSPS) is 13.0. The van der Waals surface area contributed by atoms with Gasteiger partial charge in [-0.25, -0.2) is 9.55 Å². The molecule has 0 saturated heterocycles. The number of aryl methyl sites for hydroxylation is 2. The summed E-state index contributed by atoms with van der Waals surface area (Å²) in [5.41, 5.74) is 10.2. The first-order valence-corrected chi connectivity index (χ1v) is 11.9. The molecule has 1 unspecified atom stereocenters. The molecule has 0 aliphatic carbocycles. The third-order valence-electron chi connectivity index (χ3n) is 5.15. The molecule has 0 aliphatic rings. The molecule has 3 N–H and O–H groups in total. The van der Waals surface area contributed by atoms with Crippen LogP contribution in [0.25, 0.3) is 11.3 Å². The van der Waals surface area contributed by atoms with E-state index >= 15 is 0 Å². The molecule has 0 fully saturated rings. The van der Waals surface area contributed by atoms with E-state index < -0.39 is 20.5 Å². The van der Waals surface area contributed by atoms with Gasteiger partial charge in [0, 0.05) is 18.2 Å². The molecular weight excluding hydrogens is 462 g/mol. The minimum absolute atomic E-state index is 0.191. The maximum Gasteiger partial charge on any atom is 0.285 e. The summed E-state index contributed by atoms with van der Waals surface area (Å²) >= 11 is 0. The summed E-state index contributed by atoms with van der Waals surface area (Å²) in [4.78, 5) is 23.5. The molecule has 1 atom stereocenters. The highest BCUT2D eigenvalue weighted by Gasteiger charge is 2.18. The molecule has 4 aromatic rings. The Bertz CT molecular complexity index is 1320. The molecule has 34 heavy (non-hydrogen) atoms. The maximum atomic E-state index is 13.2. The first-order valence-electron chi connectivity index (χ1n) is 10.4. The third kappa shape index (κ3) is 6.33. The first-order chi connectivity index (χ1) is 16.3. The van der Waals surface area contributed by atoms with Gasteiger partial charge in [-0.15, -0.1) is 0 Å². The Kier molecular flexibility index (Phi) is 7.14. The van der Waals surface area contributed by atoms with Crippen LogP contribution >= 0.6 is 7.82 Å². The molecule has 9 nitrogen and oxygen atoms in total. The smallest absolute Gasteiger partial charge is 0.285 e. The monoisotopic (exact) mass is 484 g/mol. The van der Waals surface area contributed by atoms with Crippen molar-refractivity contribution in [3.05, 3.63) is 95.3 Å². The lowest BCUT2D eigenvalue weighted by atomic mass is 10.0. The Morgan fingerprint density at radius 3 is 2.59 bits per heavy atom. The van der Waals surface area contributed by atoms with Gasteiger partial charge in [-0.05, 0) is 48.2 Å². The van der Waals surface area contributed by atoms with Crippen molar-refractivity contribution in [3.63, 3.8) is 0 Å². The highest BCUT2D eigenvalue weighted by atomic mass is 31.2. The van der Waals surface area contributed by atoms with Gasteiger partial charge in [-0.2, -0.15) is 4.39 Å². The lowest BCUT2D eigenvalue weighted by molar-refractivity contribution is -0.712. The number of benzene rings is 1. The second-order valence-electron chi connectivity index (χ2n) is 7.63. The van der Waals surface area contributed by atoms with E-state index in [1.165, 1.54) is 16.8 Å². The zero-order chi connectivity index (χ0) is 24.1. The van der Waals surface area contributed by atoms with Crippen LogP contribution in [0.15, 0.2) is 71.4 Å². The SMILES string of the molecule is Nc1c(-c2cc(Cc3ccc(CCc4cccc(F)n4)cc3)no2)ccc[n+]1COP(=O)([O-])O. The van der Waals surface area contributed by atoms with E-state index in [0.29, 0.717) is 35.6 Å². The predicted molar refractivity (Wildman–Crippen MR) is 118 cm³/mol. The number of nitrogen functional groups attached to an aromatic ring is 1. The number of aromatic nitrogens is 3. The molecule has 0 spiro atoms. The van der Waals surface area contributed by atoms with Crippen LogP contribution in [0.5, 0.6) is 0 Å². The van der Waals surface area contributed by atoms with Gasteiger partial charge in [-0.1, -0.05) is 35.5 Å². The van der Waals surface area contributed by atoms with E-state index in [1.54, 1.807) is 24.3 Å². The van der Waals surface area contributed by atoms with E-state index in [1.807, 2.05) is 30.3 Å². The standard InChI is InChI=1S/C23H22FN4O5P/c24-22-5-1-3-18(26-22)11-10-16-6-8-17(9-7-16)13-19-14-21(33-27-19)20-4-2-12-28(23(20)25)15-32-34(29,30)31/h1-9,12,14,25H,10-11,13,15H2,(H2,29,30,31). The van der Waals surface area contributed by atoms with Crippen molar-refractivity contribution in [2.75, 3.05) is 5.73 Å². The predicted octanol–water partition coefficient (Wildman–Crippen LogP) is 2.56. The molecular formula is C23H22FN4O5P. The lowest BCUT2D eigenvalue weighted by Crippen LogP contribution is -2.38. The van der Waals surface area contributed by atoms with Crippen molar-refractivity contribution in [2.45, 2.75) is 26.0 Å². The van der Waals surface area contributed by atoms with Crippen molar-refractivity contribution < 1.29 is 32.4 Å². The summed E-state index contributed by atoms with van der Waals surface area (Å²) in [7, 11) is -4.88. The van der Waals surface area contributed by atoms with E-state index in [0.717, 1.165) is 17.5 Å². The number of phosphoric ester groups is 1. The molecule has 0 bridgehead atoms. The number of rotatable bonds is 9. The number of anilines is 1. The van der Waals surface area contributed by atoms with Crippen molar-refractivity contribution in [3.8, 4) is 11.3 Å². The van der Waals surface area contributed by atoms with E-state index in [4.69, 9.17) is 15.2 Å². The molecule has 0 amide bonds. The molecule has 3 heterocycles. The minimum atomic E-state index is -4.88. The van der Waals surface area contributed by atoms with E-state index in [2.05, 4.69) is 14.7 Å². The number of hydrogen-bond donors (Lipinski definition) is 2. The van der Waals surface area contributed by atoms with Crippen molar-refractivity contribution >= 4 is 13.6 Å². The Labute approximate surface area is 194 Å². The number of hydrogen-bond acceptors (Lipinski definition) is 7. The third-order valence-corrected chi connectivity index (χ3v) is 5.59. The summed E-state index contributed by atoms with van der Waals surface area (Å²) in [6.07, 6.45) is 3.45. The average molecular weight is 484 g/mol. The Morgan fingerprint density at radius 2 is 1.85 bits per heavy atom. The largest absolute Gasteiger partial charge is 0.756 e. The van der Waals surface area contributed by atoms with Crippen LogP contribution in [0.1, 0.15) is 22.5 Å². The molecule has 4 rings (SSSR count). The second-order valence-corrected chi connectivity index (χ2v) is 8.83. The quantitative estimate of drug-likeness (QED) is 0.210. The minimum Gasteiger partial charge on any atom is -0.756 e. The number of nitrogens with two attached hydrogens (primary N) is 1. The van der Waals surface area contributed by atoms with Crippen LogP contribution in [-0.4, -0.2) is 15.0 Å². The van der Waals surface area contributed by atoms with Gasteiger partial charge >= 0.3 is 0 Å². The second kappa shape index (κ2) is 10.2. The number of halogens is 1. The van der Waals surface area contributed by atoms with Gasteiger partial charge in [0.1, 0.15) is 5.56 Å². The van der Waals surface area contributed by atoms with Crippen LogP contribution in [0, 0.1) is 5.95 Å². The van der Waals surface area contributed by atoms with Gasteiger partial charge in [0.2, 0.25) is 5.95 Å². The van der Waals surface area contributed by atoms with Crippen LogP contribution in [-0.2, 0) is 35.1 Å². The summed E-state index contributed by atoms with van der Waals surface area (Å²) in [5.74, 6) is 0.129. The topological polar surface area (TPSA) is 138 Å². The zero-order valence-corrected chi connectivity index (χ0v) is 18.9. The molecule has 11 heteroatoms. The van der Waals surface area contributed by atoms with Gasteiger partial charge in [-0.3, -0.25) is 14.8 Å². The fourth-order valence-corrected chi connectivity index (χ4v) is 3.71. The summed E-state index contributed by atoms with van der Waals surface area (Å²) in [6, 6.07) is 17.9. The Morgan fingerprint density at radius 1 is 1.09 bits per heavy atom. The van der Waals surface area contributed by atoms with Crippen LogP contribution < -0.4 is 15.2 Å². The van der Waals surface area contributed by atoms with Crippen molar-refractivity contribution in [1.29, 1.82) is 0 Å². The Balaban J connectivity index is 1.40. The zero-order valence-electron chi connectivity index (χ0n) is 18.0. The highest BCUT2D eigenvalue weighted by molar-refractivity contribution is 7.44. The first kappa shape index (κ1) is 23.7.